The van der Waals surface area contributed by atoms with Gasteiger partial charge in [0.15, 0.2) is 0 Å². The van der Waals surface area contributed by atoms with Crippen molar-refractivity contribution in [3.63, 3.8) is 0 Å². The number of benzene rings is 3. The maximum atomic E-state index is 13.5. The molecule has 7 heteroatoms. The largest absolute Gasteiger partial charge is 0.478 e. The first-order chi connectivity index (χ1) is 16.9. The molecule has 0 saturated heterocycles. The zero-order valence-corrected chi connectivity index (χ0v) is 19.6. The van der Waals surface area contributed by atoms with Crippen molar-refractivity contribution in [1.29, 1.82) is 0 Å². The molecule has 172 valence electrons. The highest BCUT2D eigenvalue weighted by molar-refractivity contribution is 6.35. The monoisotopic (exact) mass is 501 g/mol. The zero-order valence-electron chi connectivity index (χ0n) is 18.1. The van der Waals surface area contributed by atoms with Crippen LogP contribution in [0.3, 0.4) is 0 Å². The molecule has 0 radical (unpaired) electrons. The lowest BCUT2D eigenvalue weighted by molar-refractivity contribution is -0.113. The number of nitrogens with zero attached hydrogens (tertiary/aromatic N) is 1. The van der Waals surface area contributed by atoms with Crippen molar-refractivity contribution in [1.82, 2.24) is 0 Å². The predicted octanol–water partition coefficient (Wildman–Crippen LogP) is 7.42. The number of anilines is 1. The summed E-state index contributed by atoms with van der Waals surface area (Å²) in [5.41, 5.74) is 3.30. The van der Waals surface area contributed by atoms with E-state index in [0.29, 0.717) is 44.1 Å². The van der Waals surface area contributed by atoms with Gasteiger partial charge in [0.1, 0.15) is 11.5 Å². The first-order valence-corrected chi connectivity index (χ1v) is 11.4. The van der Waals surface area contributed by atoms with E-state index >= 15 is 0 Å². The Kier molecular flexibility index (Phi) is 6.03. The SMILES string of the molecule is O=C(O)c1ccc(N2C(=O)/C(=C/c3ccc(-c4cc(Cl)ccc4Cl)o3)C=C2c2ccccc2)cc1. The van der Waals surface area contributed by atoms with E-state index in [0.717, 1.165) is 5.56 Å². The molecule has 5 nitrogen and oxygen atoms in total. The van der Waals surface area contributed by atoms with Gasteiger partial charge < -0.3 is 9.52 Å². The van der Waals surface area contributed by atoms with Gasteiger partial charge in [0.05, 0.1) is 16.3 Å². The van der Waals surface area contributed by atoms with Gasteiger partial charge in [-0.05, 0) is 72.3 Å². The molecule has 0 saturated carbocycles. The molecule has 0 bridgehead atoms. The van der Waals surface area contributed by atoms with E-state index in [1.54, 1.807) is 59.5 Å². The van der Waals surface area contributed by atoms with Crippen molar-refractivity contribution in [3.05, 3.63) is 124 Å². The van der Waals surface area contributed by atoms with Crippen molar-refractivity contribution in [3.8, 4) is 11.3 Å². The summed E-state index contributed by atoms with van der Waals surface area (Å²) in [6.45, 7) is 0. The molecule has 1 aromatic heterocycles. The van der Waals surface area contributed by atoms with Gasteiger partial charge in [-0.3, -0.25) is 9.69 Å². The van der Waals surface area contributed by atoms with Crippen molar-refractivity contribution in [2.75, 3.05) is 4.90 Å². The Balaban J connectivity index is 1.54. The first kappa shape index (κ1) is 22.7. The molecule has 1 aliphatic heterocycles. The van der Waals surface area contributed by atoms with Gasteiger partial charge in [0.2, 0.25) is 0 Å². The van der Waals surface area contributed by atoms with E-state index in [9.17, 15) is 14.7 Å². The van der Waals surface area contributed by atoms with Gasteiger partial charge in [0, 0.05) is 21.8 Å². The molecular weight excluding hydrogens is 485 g/mol. The fourth-order valence-electron chi connectivity index (χ4n) is 3.86. The van der Waals surface area contributed by atoms with Crippen LogP contribution < -0.4 is 4.90 Å². The van der Waals surface area contributed by atoms with Crippen molar-refractivity contribution >= 4 is 52.5 Å². The van der Waals surface area contributed by atoms with Crippen LogP contribution in [0, 0.1) is 0 Å². The van der Waals surface area contributed by atoms with Gasteiger partial charge in [-0.15, -0.1) is 0 Å². The maximum absolute atomic E-state index is 13.5. The number of furan rings is 1. The number of carboxylic acid groups (broad SMARTS) is 1. The number of hydrogen-bond acceptors (Lipinski definition) is 3. The Morgan fingerprint density at radius 2 is 1.66 bits per heavy atom. The predicted molar refractivity (Wildman–Crippen MR) is 137 cm³/mol. The lowest BCUT2D eigenvalue weighted by Gasteiger charge is -2.21. The minimum atomic E-state index is -1.03. The number of carbonyl (C=O) groups is 2. The topological polar surface area (TPSA) is 70.8 Å². The van der Waals surface area contributed by atoms with E-state index < -0.39 is 5.97 Å². The van der Waals surface area contributed by atoms with Crippen molar-refractivity contribution in [2.45, 2.75) is 0 Å². The van der Waals surface area contributed by atoms with Gasteiger partial charge in [0.25, 0.3) is 5.91 Å². The lowest BCUT2D eigenvalue weighted by atomic mass is 10.1. The second kappa shape index (κ2) is 9.29. The van der Waals surface area contributed by atoms with E-state index in [-0.39, 0.29) is 11.5 Å². The van der Waals surface area contributed by atoms with Crippen LogP contribution in [0.15, 0.2) is 101 Å². The summed E-state index contributed by atoms with van der Waals surface area (Å²) < 4.78 is 5.96. The molecule has 0 spiro atoms. The fraction of sp³-hybridized carbons (Fsp3) is 0. The zero-order chi connectivity index (χ0) is 24.5. The minimum absolute atomic E-state index is 0.143. The molecule has 3 aromatic carbocycles. The van der Waals surface area contributed by atoms with Gasteiger partial charge in [-0.25, -0.2) is 4.79 Å². The van der Waals surface area contributed by atoms with E-state index in [4.69, 9.17) is 27.6 Å². The molecule has 35 heavy (non-hydrogen) atoms. The highest BCUT2D eigenvalue weighted by Crippen LogP contribution is 2.36. The molecule has 1 amide bonds. The third-order valence-corrected chi connectivity index (χ3v) is 6.11. The van der Waals surface area contributed by atoms with E-state index in [2.05, 4.69) is 0 Å². The van der Waals surface area contributed by atoms with Crippen LogP contribution in [0.1, 0.15) is 21.7 Å². The molecule has 5 rings (SSSR count). The Morgan fingerprint density at radius 3 is 2.37 bits per heavy atom. The number of carboxylic acids is 1. The molecule has 0 atom stereocenters. The summed E-state index contributed by atoms with van der Waals surface area (Å²) in [5.74, 6) is -0.280. The molecule has 1 aliphatic rings. The van der Waals surface area contributed by atoms with Gasteiger partial charge >= 0.3 is 5.97 Å². The lowest BCUT2D eigenvalue weighted by Crippen LogP contribution is -2.25. The summed E-state index contributed by atoms with van der Waals surface area (Å²) in [6.07, 6.45) is 3.45. The summed E-state index contributed by atoms with van der Waals surface area (Å²) in [5, 5.41) is 10.3. The summed E-state index contributed by atoms with van der Waals surface area (Å²) >= 11 is 12.4. The highest BCUT2D eigenvalue weighted by Gasteiger charge is 2.30. The number of amides is 1. The fourth-order valence-corrected chi connectivity index (χ4v) is 4.24. The molecule has 1 N–H and O–H groups in total. The molecule has 0 fully saturated rings. The Labute approximate surface area is 211 Å². The minimum Gasteiger partial charge on any atom is -0.478 e. The summed E-state index contributed by atoms with van der Waals surface area (Å²) in [6, 6.07) is 24.3. The Hall–Kier alpha value is -4.06. The smallest absolute Gasteiger partial charge is 0.335 e. The van der Waals surface area contributed by atoms with Crippen molar-refractivity contribution < 1.29 is 19.1 Å². The van der Waals surface area contributed by atoms with Crippen LogP contribution in [0.25, 0.3) is 23.1 Å². The second-order valence-electron chi connectivity index (χ2n) is 7.81. The molecular formula is C28H17Cl2NO4. The third kappa shape index (κ3) is 4.52. The first-order valence-electron chi connectivity index (χ1n) is 10.6. The molecule has 2 heterocycles. The second-order valence-corrected chi connectivity index (χ2v) is 8.66. The van der Waals surface area contributed by atoms with Gasteiger partial charge in [-0.2, -0.15) is 0 Å². The normalized spacial score (nSPS) is 14.5. The van der Waals surface area contributed by atoms with E-state index in [1.807, 2.05) is 30.3 Å². The average molecular weight is 502 g/mol. The van der Waals surface area contributed by atoms with Gasteiger partial charge in [-0.1, -0.05) is 53.5 Å². The van der Waals surface area contributed by atoms with Crippen LogP contribution in [0.5, 0.6) is 0 Å². The van der Waals surface area contributed by atoms with Crippen LogP contribution in [0.4, 0.5) is 5.69 Å². The Morgan fingerprint density at radius 1 is 0.914 bits per heavy atom. The Bertz CT molecular complexity index is 1500. The molecule has 4 aromatic rings. The number of hydrogen-bond donors (Lipinski definition) is 1. The summed E-state index contributed by atoms with van der Waals surface area (Å²) in [4.78, 5) is 26.3. The van der Waals surface area contributed by atoms with Crippen LogP contribution in [0.2, 0.25) is 10.0 Å². The highest BCUT2D eigenvalue weighted by atomic mass is 35.5. The van der Waals surface area contributed by atoms with Crippen LogP contribution in [-0.2, 0) is 4.79 Å². The molecule has 0 aliphatic carbocycles. The third-order valence-electron chi connectivity index (χ3n) is 5.54. The quantitative estimate of drug-likeness (QED) is 0.288. The summed E-state index contributed by atoms with van der Waals surface area (Å²) in [7, 11) is 0. The average Bonchev–Trinajstić information content (AvgIpc) is 3.46. The van der Waals surface area contributed by atoms with Crippen LogP contribution >= 0.6 is 23.2 Å². The number of aromatic carboxylic acids is 1. The number of halogens is 2. The number of carbonyl (C=O) groups excluding carboxylic acids is 1. The van der Waals surface area contributed by atoms with Crippen molar-refractivity contribution in [2.24, 2.45) is 0 Å². The number of rotatable bonds is 5. The van der Waals surface area contributed by atoms with E-state index in [1.165, 1.54) is 12.1 Å². The molecule has 0 unspecified atom stereocenters. The standard InChI is InChI=1S/C28H17Cl2NO4/c29-20-8-12-24(30)23(16-20)26-13-11-22(35-26)14-19-15-25(17-4-2-1-3-5-17)31(27(19)32)21-9-6-18(7-10-21)28(33)34/h1-16H,(H,33,34)/b19-14+. The maximum Gasteiger partial charge on any atom is 0.335 e. The van der Waals surface area contributed by atoms with Crippen LogP contribution in [-0.4, -0.2) is 17.0 Å².